The first-order valence-corrected chi connectivity index (χ1v) is 8.59. The van der Waals surface area contributed by atoms with Gasteiger partial charge in [-0.1, -0.05) is 29.5 Å². The minimum absolute atomic E-state index is 0.668. The van der Waals surface area contributed by atoms with Crippen LogP contribution in [-0.4, -0.2) is 31.7 Å². The monoisotopic (exact) mass is 317 g/mol. The molecule has 118 valence electrons. The summed E-state index contributed by atoms with van der Waals surface area (Å²) in [6, 6.07) is 12.7. The van der Waals surface area contributed by atoms with Crippen molar-refractivity contribution in [3.63, 3.8) is 0 Å². The van der Waals surface area contributed by atoms with Crippen LogP contribution < -0.4 is 0 Å². The van der Waals surface area contributed by atoms with E-state index in [1.807, 2.05) is 0 Å². The second kappa shape index (κ2) is 7.36. The number of furan rings is 1. The first-order valence-electron chi connectivity index (χ1n) is 7.77. The van der Waals surface area contributed by atoms with Crippen molar-refractivity contribution in [3.05, 3.63) is 47.7 Å². The van der Waals surface area contributed by atoms with E-state index < -0.39 is 0 Å². The normalized spacial score (nSPS) is 18.9. The van der Waals surface area contributed by atoms with E-state index in [1.165, 1.54) is 16.9 Å². The first-order chi connectivity index (χ1) is 10.7. The van der Waals surface area contributed by atoms with Gasteiger partial charge in [-0.05, 0) is 50.1 Å². The predicted octanol–water partition coefficient (Wildman–Crippen LogP) is 4.21. The molecule has 2 aromatic rings. The van der Waals surface area contributed by atoms with Crippen LogP contribution in [-0.2, 0) is 11.3 Å². The van der Waals surface area contributed by atoms with Crippen LogP contribution in [0.4, 0.5) is 0 Å². The van der Waals surface area contributed by atoms with E-state index in [1.54, 1.807) is 18.9 Å². The number of nitrogens with zero attached hydrogens (tertiary/aromatic N) is 1. The van der Waals surface area contributed by atoms with Gasteiger partial charge in [0, 0.05) is 18.6 Å². The summed E-state index contributed by atoms with van der Waals surface area (Å²) in [5.74, 6) is 1.72. The number of ether oxygens (including phenoxy) is 1. The molecule has 2 heterocycles. The number of aryl methyl sites for hydroxylation is 1. The SMILES string of the molecule is COCC1CCN(Cc2ccc(Sc3ccc(C)cc3)o2)C1. The fourth-order valence-electron chi connectivity index (χ4n) is 2.87. The van der Waals surface area contributed by atoms with Gasteiger partial charge in [0.2, 0.25) is 0 Å². The average molecular weight is 317 g/mol. The van der Waals surface area contributed by atoms with Gasteiger partial charge >= 0.3 is 0 Å². The van der Waals surface area contributed by atoms with Crippen LogP contribution >= 0.6 is 11.8 Å². The number of benzene rings is 1. The van der Waals surface area contributed by atoms with Crippen LogP contribution in [0.25, 0.3) is 0 Å². The Kier molecular flexibility index (Phi) is 5.24. The van der Waals surface area contributed by atoms with E-state index in [4.69, 9.17) is 9.15 Å². The zero-order valence-electron chi connectivity index (χ0n) is 13.2. The maximum Gasteiger partial charge on any atom is 0.165 e. The van der Waals surface area contributed by atoms with Crippen molar-refractivity contribution in [1.82, 2.24) is 4.90 Å². The minimum Gasteiger partial charge on any atom is -0.453 e. The maximum absolute atomic E-state index is 5.97. The molecule has 1 aliphatic heterocycles. The molecule has 0 amide bonds. The highest BCUT2D eigenvalue weighted by atomic mass is 32.2. The average Bonchev–Trinajstić information content (AvgIpc) is 3.12. The molecule has 0 radical (unpaired) electrons. The second-order valence-electron chi connectivity index (χ2n) is 5.98. The summed E-state index contributed by atoms with van der Waals surface area (Å²) in [4.78, 5) is 3.66. The van der Waals surface area contributed by atoms with Crippen LogP contribution in [0.5, 0.6) is 0 Å². The lowest BCUT2D eigenvalue weighted by molar-refractivity contribution is 0.151. The van der Waals surface area contributed by atoms with Crippen molar-refractivity contribution in [3.8, 4) is 0 Å². The van der Waals surface area contributed by atoms with Gasteiger partial charge in [0.15, 0.2) is 5.09 Å². The van der Waals surface area contributed by atoms with Gasteiger partial charge in [-0.2, -0.15) is 0 Å². The summed E-state index contributed by atoms with van der Waals surface area (Å²) in [6.45, 7) is 6.11. The molecule has 0 spiro atoms. The topological polar surface area (TPSA) is 25.6 Å². The third-order valence-electron chi connectivity index (χ3n) is 4.03. The molecule has 1 unspecified atom stereocenters. The highest BCUT2D eigenvalue weighted by Crippen LogP contribution is 2.30. The highest BCUT2D eigenvalue weighted by molar-refractivity contribution is 7.99. The van der Waals surface area contributed by atoms with Gasteiger partial charge in [-0.3, -0.25) is 4.90 Å². The summed E-state index contributed by atoms with van der Waals surface area (Å²) in [7, 11) is 1.78. The third kappa shape index (κ3) is 4.15. The lowest BCUT2D eigenvalue weighted by Gasteiger charge is -2.13. The molecule has 0 aliphatic carbocycles. The number of hydrogen-bond acceptors (Lipinski definition) is 4. The zero-order valence-corrected chi connectivity index (χ0v) is 14.1. The van der Waals surface area contributed by atoms with Crippen molar-refractivity contribution in [2.75, 3.05) is 26.8 Å². The van der Waals surface area contributed by atoms with E-state index in [9.17, 15) is 0 Å². The fourth-order valence-corrected chi connectivity index (χ4v) is 3.66. The lowest BCUT2D eigenvalue weighted by atomic mass is 10.1. The molecule has 0 bridgehead atoms. The van der Waals surface area contributed by atoms with E-state index >= 15 is 0 Å². The lowest BCUT2D eigenvalue weighted by Crippen LogP contribution is -2.20. The molecule has 1 atom stereocenters. The number of likely N-dealkylation sites (tertiary alicyclic amines) is 1. The molecule has 1 fully saturated rings. The van der Waals surface area contributed by atoms with E-state index in [-0.39, 0.29) is 0 Å². The quantitative estimate of drug-likeness (QED) is 0.797. The van der Waals surface area contributed by atoms with Crippen LogP contribution in [0.2, 0.25) is 0 Å². The van der Waals surface area contributed by atoms with Crippen molar-refractivity contribution < 1.29 is 9.15 Å². The van der Waals surface area contributed by atoms with Crippen molar-refractivity contribution in [1.29, 1.82) is 0 Å². The van der Waals surface area contributed by atoms with Gasteiger partial charge in [0.05, 0.1) is 13.2 Å². The van der Waals surface area contributed by atoms with Gasteiger partial charge in [0.1, 0.15) is 5.76 Å². The largest absolute Gasteiger partial charge is 0.453 e. The van der Waals surface area contributed by atoms with Crippen LogP contribution in [0.15, 0.2) is 50.8 Å². The Labute approximate surface area is 136 Å². The van der Waals surface area contributed by atoms with Crippen molar-refractivity contribution >= 4 is 11.8 Å². The predicted molar refractivity (Wildman–Crippen MR) is 89.3 cm³/mol. The number of hydrogen-bond donors (Lipinski definition) is 0. The fraction of sp³-hybridized carbons (Fsp3) is 0.444. The molecule has 1 saturated heterocycles. The van der Waals surface area contributed by atoms with Gasteiger partial charge in [-0.15, -0.1) is 0 Å². The number of methoxy groups -OCH3 is 1. The third-order valence-corrected chi connectivity index (χ3v) is 4.96. The first kappa shape index (κ1) is 15.7. The smallest absolute Gasteiger partial charge is 0.165 e. The van der Waals surface area contributed by atoms with Gasteiger partial charge in [-0.25, -0.2) is 0 Å². The van der Waals surface area contributed by atoms with Gasteiger partial charge in [0.25, 0.3) is 0 Å². The maximum atomic E-state index is 5.97. The molecule has 1 aromatic heterocycles. The Bertz CT molecular complexity index is 593. The Hall–Kier alpha value is -1.23. The molecular formula is C18H23NO2S. The zero-order chi connectivity index (χ0) is 15.4. The number of rotatable bonds is 6. The molecule has 22 heavy (non-hydrogen) atoms. The summed E-state index contributed by atoms with van der Waals surface area (Å²) in [5.41, 5.74) is 1.28. The Morgan fingerprint density at radius 2 is 2.05 bits per heavy atom. The van der Waals surface area contributed by atoms with Gasteiger partial charge < -0.3 is 9.15 Å². The van der Waals surface area contributed by atoms with E-state index in [0.29, 0.717) is 5.92 Å². The van der Waals surface area contributed by atoms with Crippen molar-refractivity contribution in [2.45, 2.75) is 29.9 Å². The molecule has 1 aromatic carbocycles. The second-order valence-corrected chi connectivity index (χ2v) is 7.06. The molecule has 3 nitrogen and oxygen atoms in total. The van der Waals surface area contributed by atoms with Crippen LogP contribution in [0.1, 0.15) is 17.7 Å². The summed E-state index contributed by atoms with van der Waals surface area (Å²) >= 11 is 1.68. The molecule has 1 aliphatic rings. The molecule has 0 saturated carbocycles. The van der Waals surface area contributed by atoms with Crippen LogP contribution in [0, 0.1) is 12.8 Å². The summed E-state index contributed by atoms with van der Waals surface area (Å²) < 4.78 is 11.2. The Morgan fingerprint density at radius 1 is 1.23 bits per heavy atom. The standard InChI is InChI=1S/C18H23NO2S/c1-14-3-6-17(7-4-14)22-18-8-5-16(21-18)12-19-10-9-15(11-19)13-20-2/h3-8,15H,9-13H2,1-2H3. The molecule has 4 heteroatoms. The van der Waals surface area contributed by atoms with Crippen molar-refractivity contribution in [2.24, 2.45) is 5.92 Å². The molecular weight excluding hydrogens is 294 g/mol. The van der Waals surface area contributed by atoms with E-state index in [2.05, 4.69) is 48.2 Å². The molecule has 0 N–H and O–H groups in total. The highest BCUT2D eigenvalue weighted by Gasteiger charge is 2.23. The summed E-state index contributed by atoms with van der Waals surface area (Å²) in [5, 5.41) is 0.964. The van der Waals surface area contributed by atoms with E-state index in [0.717, 1.165) is 37.1 Å². The van der Waals surface area contributed by atoms with Crippen LogP contribution in [0.3, 0.4) is 0 Å². The Balaban J connectivity index is 1.54. The Morgan fingerprint density at radius 3 is 2.82 bits per heavy atom. The minimum atomic E-state index is 0.668. The molecule has 3 rings (SSSR count). The summed E-state index contributed by atoms with van der Waals surface area (Å²) in [6.07, 6.45) is 1.22.